The van der Waals surface area contributed by atoms with Gasteiger partial charge in [0.25, 0.3) is 5.56 Å². The molecular weight excluding hydrogens is 352 g/mol. The summed E-state index contributed by atoms with van der Waals surface area (Å²) >= 11 is 0. The number of aromatic amines is 1. The molecule has 28 heavy (non-hydrogen) atoms. The maximum atomic E-state index is 12.6. The summed E-state index contributed by atoms with van der Waals surface area (Å²) < 4.78 is 0. The van der Waals surface area contributed by atoms with Crippen molar-refractivity contribution in [2.24, 2.45) is 0 Å². The first-order chi connectivity index (χ1) is 13.6. The lowest BCUT2D eigenvalue weighted by molar-refractivity contribution is 0.283. The summed E-state index contributed by atoms with van der Waals surface area (Å²) in [5.74, 6) is 0.605. The van der Waals surface area contributed by atoms with Crippen molar-refractivity contribution in [3.8, 4) is 0 Å². The van der Waals surface area contributed by atoms with E-state index in [0.29, 0.717) is 22.4 Å². The van der Waals surface area contributed by atoms with Crippen molar-refractivity contribution in [2.45, 2.75) is 24.9 Å². The first-order valence-corrected chi connectivity index (χ1v) is 9.80. The van der Waals surface area contributed by atoms with Gasteiger partial charge in [0.05, 0.1) is 17.5 Å². The largest absolute Gasteiger partial charge is 0.392 e. The van der Waals surface area contributed by atoms with Crippen molar-refractivity contribution < 1.29 is 5.11 Å². The standard InChI is InChI=1S/C22H24N4O2/c1-25-14-22(17-7-2-3-8-18(17)25)9-11-26(12-10-22)21-23-19-15(13-27)5-4-6-16(19)20(28)24-21/h2-8,27H,9-14H2,1H3,(H,23,24,28). The van der Waals surface area contributed by atoms with Gasteiger partial charge in [-0.3, -0.25) is 9.78 Å². The van der Waals surface area contributed by atoms with Crippen LogP contribution in [0, 0.1) is 0 Å². The molecule has 1 spiro atoms. The second-order valence-corrected chi connectivity index (χ2v) is 8.00. The van der Waals surface area contributed by atoms with Gasteiger partial charge in [-0.1, -0.05) is 30.3 Å². The number of benzene rings is 2. The lowest BCUT2D eigenvalue weighted by Gasteiger charge is -2.40. The van der Waals surface area contributed by atoms with Crippen molar-refractivity contribution in [3.63, 3.8) is 0 Å². The van der Waals surface area contributed by atoms with Crippen LogP contribution in [-0.4, -0.2) is 41.8 Å². The molecule has 0 bridgehead atoms. The normalized spacial score (nSPS) is 18.1. The quantitative estimate of drug-likeness (QED) is 0.719. The van der Waals surface area contributed by atoms with Crippen molar-refractivity contribution in [1.29, 1.82) is 0 Å². The number of hydrogen-bond donors (Lipinski definition) is 2. The van der Waals surface area contributed by atoms with E-state index < -0.39 is 0 Å². The van der Waals surface area contributed by atoms with E-state index in [1.807, 2.05) is 6.07 Å². The van der Waals surface area contributed by atoms with Crippen LogP contribution in [0.15, 0.2) is 47.3 Å². The van der Waals surface area contributed by atoms with E-state index in [2.05, 4.69) is 46.1 Å². The maximum absolute atomic E-state index is 12.6. The van der Waals surface area contributed by atoms with E-state index in [4.69, 9.17) is 4.98 Å². The second-order valence-electron chi connectivity index (χ2n) is 8.00. The fraction of sp³-hybridized carbons (Fsp3) is 0.364. The average molecular weight is 376 g/mol. The van der Waals surface area contributed by atoms with Crippen LogP contribution in [0.4, 0.5) is 11.6 Å². The number of aromatic nitrogens is 2. The van der Waals surface area contributed by atoms with Gasteiger partial charge in [0.1, 0.15) is 0 Å². The van der Waals surface area contributed by atoms with Crippen LogP contribution in [0.2, 0.25) is 0 Å². The van der Waals surface area contributed by atoms with E-state index >= 15 is 0 Å². The zero-order valence-corrected chi connectivity index (χ0v) is 16.0. The van der Waals surface area contributed by atoms with Gasteiger partial charge in [-0.05, 0) is 30.5 Å². The molecule has 2 aliphatic rings. The maximum Gasteiger partial charge on any atom is 0.260 e. The number of piperidine rings is 1. The van der Waals surface area contributed by atoms with Crippen LogP contribution in [0.1, 0.15) is 24.0 Å². The van der Waals surface area contributed by atoms with E-state index in [1.165, 1.54) is 11.3 Å². The number of likely N-dealkylation sites (N-methyl/N-ethyl adjacent to an activating group) is 1. The van der Waals surface area contributed by atoms with Crippen molar-refractivity contribution in [1.82, 2.24) is 9.97 Å². The molecule has 0 atom stereocenters. The van der Waals surface area contributed by atoms with Gasteiger partial charge in [0, 0.05) is 43.3 Å². The summed E-state index contributed by atoms with van der Waals surface area (Å²) in [6.45, 7) is 2.60. The van der Waals surface area contributed by atoms with Crippen LogP contribution >= 0.6 is 0 Å². The van der Waals surface area contributed by atoms with Gasteiger partial charge >= 0.3 is 0 Å². The molecule has 0 aliphatic carbocycles. The minimum atomic E-state index is -0.151. The smallest absolute Gasteiger partial charge is 0.260 e. The fourth-order valence-corrected chi connectivity index (χ4v) is 4.94. The van der Waals surface area contributed by atoms with Crippen LogP contribution in [-0.2, 0) is 12.0 Å². The van der Waals surface area contributed by atoms with Crippen LogP contribution in [0.5, 0.6) is 0 Å². The Morgan fingerprint density at radius 3 is 2.71 bits per heavy atom. The molecule has 144 valence electrons. The third kappa shape index (κ3) is 2.52. The highest BCUT2D eigenvalue weighted by Crippen LogP contribution is 2.46. The third-order valence-corrected chi connectivity index (χ3v) is 6.42. The minimum Gasteiger partial charge on any atom is -0.392 e. The summed E-state index contributed by atoms with van der Waals surface area (Å²) in [5.41, 5.74) is 4.08. The number of anilines is 2. The lowest BCUT2D eigenvalue weighted by atomic mass is 9.74. The molecule has 0 amide bonds. The Labute approximate surface area is 163 Å². The Morgan fingerprint density at radius 1 is 1.14 bits per heavy atom. The number of hydrogen-bond acceptors (Lipinski definition) is 5. The number of para-hydroxylation sites is 2. The van der Waals surface area contributed by atoms with Gasteiger partial charge in [-0.15, -0.1) is 0 Å². The SMILES string of the molecule is CN1CC2(CCN(c3nc4c(CO)cccc4c(=O)[nH]3)CC2)c2ccccc21. The molecule has 1 saturated heterocycles. The summed E-state index contributed by atoms with van der Waals surface area (Å²) in [6, 6.07) is 14.0. The van der Waals surface area contributed by atoms with Crippen molar-refractivity contribution in [2.75, 3.05) is 36.5 Å². The summed E-state index contributed by atoms with van der Waals surface area (Å²) in [5, 5.41) is 10.1. The van der Waals surface area contributed by atoms with Crippen LogP contribution in [0.25, 0.3) is 10.9 Å². The van der Waals surface area contributed by atoms with E-state index in [0.717, 1.165) is 32.5 Å². The lowest BCUT2D eigenvalue weighted by Crippen LogP contribution is -2.45. The first-order valence-electron chi connectivity index (χ1n) is 9.80. The number of nitrogens with one attached hydrogen (secondary N) is 1. The number of rotatable bonds is 2. The van der Waals surface area contributed by atoms with Crippen LogP contribution < -0.4 is 15.4 Å². The van der Waals surface area contributed by atoms with E-state index in [1.54, 1.807) is 12.1 Å². The number of H-pyrrole nitrogens is 1. The topological polar surface area (TPSA) is 72.5 Å². The Balaban J connectivity index is 1.46. The zero-order chi connectivity index (χ0) is 19.3. The summed E-state index contributed by atoms with van der Waals surface area (Å²) in [7, 11) is 2.17. The van der Waals surface area contributed by atoms with Gasteiger partial charge in [-0.2, -0.15) is 0 Å². The molecule has 2 aliphatic heterocycles. The van der Waals surface area contributed by atoms with Gasteiger partial charge in [0.2, 0.25) is 5.95 Å². The summed E-state index contributed by atoms with van der Waals surface area (Å²) in [6.07, 6.45) is 2.05. The molecule has 0 saturated carbocycles. The van der Waals surface area contributed by atoms with E-state index in [-0.39, 0.29) is 17.6 Å². The molecule has 1 fully saturated rings. The Morgan fingerprint density at radius 2 is 1.93 bits per heavy atom. The highest BCUT2D eigenvalue weighted by atomic mass is 16.3. The molecule has 0 radical (unpaired) electrons. The predicted molar refractivity (Wildman–Crippen MR) is 111 cm³/mol. The van der Waals surface area contributed by atoms with Crippen LogP contribution in [0.3, 0.4) is 0 Å². The number of aliphatic hydroxyl groups is 1. The number of aliphatic hydroxyl groups excluding tert-OH is 1. The van der Waals surface area contributed by atoms with Gasteiger partial charge < -0.3 is 14.9 Å². The van der Waals surface area contributed by atoms with Gasteiger partial charge in [0.15, 0.2) is 0 Å². The molecular formula is C22H24N4O2. The molecule has 3 heterocycles. The minimum absolute atomic E-state index is 0.126. The molecule has 6 heteroatoms. The Hall–Kier alpha value is -2.86. The van der Waals surface area contributed by atoms with Crippen molar-refractivity contribution >= 4 is 22.5 Å². The Bertz CT molecular complexity index is 1100. The first kappa shape index (κ1) is 17.3. The van der Waals surface area contributed by atoms with Crippen molar-refractivity contribution in [3.05, 3.63) is 63.9 Å². The number of nitrogens with zero attached hydrogens (tertiary/aromatic N) is 3. The molecule has 1 aromatic heterocycles. The zero-order valence-electron chi connectivity index (χ0n) is 16.0. The molecule has 6 nitrogen and oxygen atoms in total. The fourth-order valence-electron chi connectivity index (χ4n) is 4.94. The average Bonchev–Trinajstić information content (AvgIpc) is 3.00. The molecule has 3 aromatic rings. The molecule has 2 N–H and O–H groups in total. The summed E-state index contributed by atoms with van der Waals surface area (Å²) in [4.78, 5) is 24.7. The molecule has 5 rings (SSSR count). The highest BCUT2D eigenvalue weighted by Gasteiger charge is 2.43. The Kier molecular flexibility index (Phi) is 3.91. The second kappa shape index (κ2) is 6.34. The monoisotopic (exact) mass is 376 g/mol. The predicted octanol–water partition coefficient (Wildman–Crippen LogP) is 2.40. The molecule has 2 aromatic carbocycles. The highest BCUT2D eigenvalue weighted by molar-refractivity contribution is 5.81. The van der Waals surface area contributed by atoms with E-state index in [9.17, 15) is 9.90 Å². The van der Waals surface area contributed by atoms with Gasteiger partial charge in [-0.25, -0.2) is 4.98 Å². The third-order valence-electron chi connectivity index (χ3n) is 6.42. The molecule has 0 unspecified atom stereocenters. The number of fused-ring (bicyclic) bond motifs is 3.